The molecule has 1 amide bonds. The number of benzene rings is 2. The first kappa shape index (κ1) is 19.1. The largest absolute Gasteiger partial charge is 0.336 e. The van der Waals surface area contributed by atoms with Crippen molar-refractivity contribution in [1.82, 2.24) is 20.0 Å². The van der Waals surface area contributed by atoms with Crippen LogP contribution in [0, 0.1) is 11.8 Å². The maximum absolute atomic E-state index is 13.0. The summed E-state index contributed by atoms with van der Waals surface area (Å²) >= 11 is 0. The first-order chi connectivity index (χ1) is 15.3. The molecule has 0 spiro atoms. The quantitative estimate of drug-likeness (QED) is 0.702. The predicted molar refractivity (Wildman–Crippen MR) is 121 cm³/mol. The van der Waals surface area contributed by atoms with Crippen LogP contribution in [0.5, 0.6) is 0 Å². The second-order valence-corrected chi connectivity index (χ2v) is 9.69. The maximum atomic E-state index is 13.0. The van der Waals surface area contributed by atoms with Crippen LogP contribution >= 0.6 is 0 Å². The van der Waals surface area contributed by atoms with Crippen molar-refractivity contribution in [3.63, 3.8) is 0 Å². The first-order valence-corrected chi connectivity index (χ1v) is 11.8. The van der Waals surface area contributed by atoms with Gasteiger partial charge in [-0.25, -0.2) is 0 Å². The van der Waals surface area contributed by atoms with Crippen LogP contribution in [0.4, 0.5) is 0 Å². The molecule has 5 heteroatoms. The second-order valence-electron chi connectivity index (χ2n) is 9.69. The van der Waals surface area contributed by atoms with Gasteiger partial charge in [0.2, 0.25) is 5.91 Å². The summed E-state index contributed by atoms with van der Waals surface area (Å²) in [5, 5.41) is 9.01. The van der Waals surface area contributed by atoms with E-state index in [0.717, 1.165) is 50.8 Å². The van der Waals surface area contributed by atoms with Crippen molar-refractivity contribution >= 4 is 16.8 Å². The van der Waals surface area contributed by atoms with Crippen molar-refractivity contribution < 1.29 is 4.79 Å². The number of carbonyl (C=O) groups excluding carboxylic acids is 1. The first-order valence-electron chi connectivity index (χ1n) is 11.8. The molecular formula is C26H30N4O. The topological polar surface area (TPSA) is 52.2 Å². The van der Waals surface area contributed by atoms with Gasteiger partial charge in [-0.05, 0) is 49.1 Å². The molecule has 3 aromatic rings. The molecule has 5 nitrogen and oxygen atoms in total. The van der Waals surface area contributed by atoms with Gasteiger partial charge in [0.05, 0.1) is 11.2 Å². The molecule has 2 bridgehead atoms. The minimum absolute atomic E-state index is 0.317. The molecule has 0 unspecified atom stereocenters. The third-order valence-corrected chi connectivity index (χ3v) is 7.78. The lowest BCUT2D eigenvalue weighted by atomic mass is 9.70. The van der Waals surface area contributed by atoms with Crippen molar-refractivity contribution in [1.29, 1.82) is 0 Å². The average Bonchev–Trinajstić information content (AvgIpc) is 3.20. The molecule has 0 radical (unpaired) electrons. The Morgan fingerprint density at radius 1 is 1.00 bits per heavy atom. The van der Waals surface area contributed by atoms with Gasteiger partial charge in [0.15, 0.2) is 0 Å². The monoisotopic (exact) mass is 414 g/mol. The fourth-order valence-electron chi connectivity index (χ4n) is 6.48. The molecule has 0 aliphatic carbocycles. The summed E-state index contributed by atoms with van der Waals surface area (Å²) < 4.78 is 0. The highest BCUT2D eigenvalue weighted by molar-refractivity contribution is 5.81. The number of H-pyrrole nitrogens is 1. The lowest BCUT2D eigenvalue weighted by Gasteiger charge is -2.56. The zero-order valence-electron chi connectivity index (χ0n) is 17.9. The summed E-state index contributed by atoms with van der Waals surface area (Å²) in [7, 11) is 0. The third kappa shape index (κ3) is 3.45. The van der Waals surface area contributed by atoms with Gasteiger partial charge in [-0.2, -0.15) is 5.10 Å². The Morgan fingerprint density at radius 3 is 2.71 bits per heavy atom. The summed E-state index contributed by atoms with van der Waals surface area (Å²) in [6.07, 6.45) is 5.16. The summed E-state index contributed by atoms with van der Waals surface area (Å²) in [5.41, 5.74) is 3.60. The van der Waals surface area contributed by atoms with E-state index < -0.39 is 0 Å². The Balaban J connectivity index is 1.28. The number of rotatable bonds is 4. The second kappa shape index (κ2) is 7.79. The fraction of sp³-hybridized carbons (Fsp3) is 0.462. The Bertz CT molecular complexity index is 1080. The minimum Gasteiger partial charge on any atom is -0.336 e. The average molecular weight is 415 g/mol. The number of hydrogen-bond acceptors (Lipinski definition) is 3. The Kier molecular flexibility index (Phi) is 4.79. The van der Waals surface area contributed by atoms with Crippen LogP contribution in [0.15, 0.2) is 54.6 Å². The van der Waals surface area contributed by atoms with Gasteiger partial charge in [-0.3, -0.25) is 14.8 Å². The Hall–Kier alpha value is -2.66. The number of nitrogens with one attached hydrogen (secondary N) is 1. The number of likely N-dealkylation sites (tertiary alicyclic amines) is 1. The van der Waals surface area contributed by atoms with Crippen molar-refractivity contribution in [2.24, 2.45) is 11.8 Å². The number of fused-ring (bicyclic) bond motifs is 5. The Morgan fingerprint density at radius 2 is 1.81 bits per heavy atom. The highest BCUT2D eigenvalue weighted by atomic mass is 16.2. The summed E-state index contributed by atoms with van der Waals surface area (Å²) in [6.45, 7) is 3.04. The summed E-state index contributed by atoms with van der Waals surface area (Å²) in [4.78, 5) is 18.0. The van der Waals surface area contributed by atoms with Gasteiger partial charge in [-0.1, -0.05) is 48.5 Å². The number of aromatic nitrogens is 2. The molecular weight excluding hydrogens is 384 g/mol. The van der Waals surface area contributed by atoms with Gasteiger partial charge < -0.3 is 4.90 Å². The SMILES string of the molecule is O=C1CCC[C@H]2[C@@H]3C[C@@H](CN(Cc4[nH]nc5ccccc45)C3)[C@H](Cc3ccccc3)N12. The highest BCUT2D eigenvalue weighted by Gasteiger charge is 2.49. The van der Waals surface area contributed by atoms with E-state index in [9.17, 15) is 4.79 Å². The van der Waals surface area contributed by atoms with Crippen LogP contribution in [0.3, 0.4) is 0 Å². The van der Waals surface area contributed by atoms with E-state index in [0.29, 0.717) is 29.8 Å². The van der Waals surface area contributed by atoms with Gasteiger partial charge in [-0.15, -0.1) is 0 Å². The predicted octanol–water partition coefficient (Wildman–Crippen LogP) is 4.01. The fourth-order valence-corrected chi connectivity index (χ4v) is 6.48. The van der Waals surface area contributed by atoms with E-state index in [-0.39, 0.29) is 0 Å². The minimum atomic E-state index is 0.317. The lowest BCUT2D eigenvalue weighted by Crippen LogP contribution is -2.65. The number of para-hydroxylation sites is 1. The molecule has 6 rings (SSSR count). The molecule has 2 aromatic carbocycles. The standard InChI is InChI=1S/C26H30N4O/c31-26-12-6-11-24-19-14-20(25(30(24)26)13-18-7-2-1-3-8-18)16-29(15-19)17-23-21-9-4-5-10-22(21)27-28-23/h1-5,7-10,19-20,24-25H,6,11-17H2,(H,27,28)/t19-,20+,24+,25+/m1/s1. The van der Waals surface area contributed by atoms with Crippen molar-refractivity contribution in [2.45, 2.75) is 50.7 Å². The summed E-state index contributed by atoms with van der Waals surface area (Å²) in [6, 6.07) is 19.8. The highest BCUT2D eigenvalue weighted by Crippen LogP contribution is 2.43. The van der Waals surface area contributed by atoms with Crippen LogP contribution in [0.25, 0.3) is 10.9 Å². The molecule has 160 valence electrons. The van der Waals surface area contributed by atoms with E-state index in [1.54, 1.807) is 0 Å². The van der Waals surface area contributed by atoms with E-state index >= 15 is 0 Å². The number of piperidine rings is 3. The third-order valence-electron chi connectivity index (χ3n) is 7.78. The maximum Gasteiger partial charge on any atom is 0.223 e. The zero-order valence-corrected chi connectivity index (χ0v) is 17.9. The Labute approximate surface area is 183 Å². The van der Waals surface area contributed by atoms with Gasteiger partial charge in [0.1, 0.15) is 0 Å². The summed E-state index contributed by atoms with van der Waals surface area (Å²) in [5.74, 6) is 1.51. The van der Waals surface area contributed by atoms with Crippen molar-refractivity contribution in [2.75, 3.05) is 13.1 Å². The van der Waals surface area contributed by atoms with E-state index in [1.807, 2.05) is 6.07 Å². The van der Waals surface area contributed by atoms with Gasteiger partial charge >= 0.3 is 0 Å². The molecule has 1 N–H and O–H groups in total. The number of amides is 1. The van der Waals surface area contributed by atoms with Gasteiger partial charge in [0.25, 0.3) is 0 Å². The van der Waals surface area contributed by atoms with E-state index in [4.69, 9.17) is 0 Å². The molecule has 3 aliphatic rings. The smallest absolute Gasteiger partial charge is 0.223 e. The van der Waals surface area contributed by atoms with Crippen molar-refractivity contribution in [3.8, 4) is 0 Å². The normalized spacial score (nSPS) is 28.6. The van der Waals surface area contributed by atoms with Crippen LogP contribution in [0.2, 0.25) is 0 Å². The zero-order chi connectivity index (χ0) is 20.8. The van der Waals surface area contributed by atoms with Crippen LogP contribution in [0.1, 0.15) is 36.9 Å². The van der Waals surface area contributed by atoms with Crippen LogP contribution in [-0.4, -0.2) is 51.1 Å². The number of nitrogens with zero attached hydrogens (tertiary/aromatic N) is 3. The van der Waals surface area contributed by atoms with Crippen molar-refractivity contribution in [3.05, 3.63) is 65.9 Å². The molecule has 31 heavy (non-hydrogen) atoms. The van der Waals surface area contributed by atoms with E-state index in [1.165, 1.54) is 23.1 Å². The molecule has 3 saturated heterocycles. The van der Waals surface area contributed by atoms with Crippen LogP contribution < -0.4 is 0 Å². The van der Waals surface area contributed by atoms with Crippen LogP contribution in [-0.2, 0) is 17.8 Å². The molecule has 1 aromatic heterocycles. The molecule has 4 heterocycles. The lowest BCUT2D eigenvalue weighted by molar-refractivity contribution is -0.152. The van der Waals surface area contributed by atoms with E-state index in [2.05, 4.69) is 68.5 Å². The number of hydrogen-bond donors (Lipinski definition) is 1. The number of carbonyl (C=O) groups is 1. The number of aromatic amines is 1. The molecule has 3 fully saturated rings. The molecule has 0 saturated carbocycles. The molecule has 3 aliphatic heterocycles. The van der Waals surface area contributed by atoms with Gasteiger partial charge in [0, 0.05) is 43.5 Å². The molecule has 4 atom stereocenters.